The summed E-state index contributed by atoms with van der Waals surface area (Å²) in [5, 5.41) is 5.66. The molecule has 2 aliphatic rings. The van der Waals surface area contributed by atoms with Crippen LogP contribution in [0.5, 0.6) is 0 Å². The highest BCUT2D eigenvalue weighted by Crippen LogP contribution is 2.35. The van der Waals surface area contributed by atoms with Gasteiger partial charge in [0, 0.05) is 30.8 Å². The summed E-state index contributed by atoms with van der Waals surface area (Å²) in [5.41, 5.74) is 3.02. The largest absolute Gasteiger partial charge is 0.348 e. The molecular weight excluding hydrogens is 236 g/mol. The average Bonchev–Trinajstić information content (AvgIpc) is 3.01. The fourth-order valence-corrected chi connectivity index (χ4v) is 3.18. The van der Waals surface area contributed by atoms with E-state index < -0.39 is 0 Å². The SMILES string of the molecule is c1nc(CNC2CCC3(CC2)OCCO3)cs1. The Morgan fingerprint density at radius 1 is 1.35 bits per heavy atom. The molecule has 1 aliphatic heterocycles. The predicted octanol–water partition coefficient (Wildman–Crippen LogP) is 1.92. The molecule has 1 aromatic heterocycles. The summed E-state index contributed by atoms with van der Waals surface area (Å²) in [4.78, 5) is 4.28. The number of hydrogen-bond acceptors (Lipinski definition) is 5. The fourth-order valence-electron chi connectivity index (χ4n) is 2.62. The van der Waals surface area contributed by atoms with E-state index in [1.807, 2.05) is 5.51 Å². The molecule has 1 saturated carbocycles. The number of thiazole rings is 1. The van der Waals surface area contributed by atoms with Crippen LogP contribution < -0.4 is 5.32 Å². The van der Waals surface area contributed by atoms with E-state index in [4.69, 9.17) is 9.47 Å². The van der Waals surface area contributed by atoms with E-state index >= 15 is 0 Å². The van der Waals surface area contributed by atoms with E-state index in [1.165, 1.54) is 0 Å². The van der Waals surface area contributed by atoms with E-state index in [9.17, 15) is 0 Å². The molecule has 1 N–H and O–H groups in total. The van der Waals surface area contributed by atoms with Gasteiger partial charge in [0.1, 0.15) is 0 Å². The third-order valence-corrected chi connectivity index (χ3v) is 4.25. The molecule has 0 aromatic carbocycles. The molecule has 1 aliphatic carbocycles. The normalized spacial score (nSPS) is 24.5. The van der Waals surface area contributed by atoms with Gasteiger partial charge in [-0.15, -0.1) is 11.3 Å². The summed E-state index contributed by atoms with van der Waals surface area (Å²) < 4.78 is 11.4. The van der Waals surface area contributed by atoms with Crippen LogP contribution in [-0.2, 0) is 16.0 Å². The number of hydrogen-bond donors (Lipinski definition) is 1. The van der Waals surface area contributed by atoms with Gasteiger partial charge in [-0.05, 0) is 12.8 Å². The zero-order valence-corrected chi connectivity index (χ0v) is 10.7. The number of nitrogens with zero attached hydrogens (tertiary/aromatic N) is 1. The zero-order chi connectivity index (χ0) is 11.6. The van der Waals surface area contributed by atoms with Gasteiger partial charge in [-0.1, -0.05) is 0 Å². The lowest BCUT2D eigenvalue weighted by Gasteiger charge is -2.35. The highest BCUT2D eigenvalue weighted by atomic mass is 32.1. The summed E-state index contributed by atoms with van der Waals surface area (Å²) in [5.74, 6) is -0.237. The van der Waals surface area contributed by atoms with Crippen LogP contribution in [0.2, 0.25) is 0 Å². The lowest BCUT2D eigenvalue weighted by Crippen LogP contribution is -2.41. The van der Waals surface area contributed by atoms with Gasteiger partial charge in [-0.25, -0.2) is 4.98 Å². The zero-order valence-electron chi connectivity index (χ0n) is 9.85. The van der Waals surface area contributed by atoms with E-state index in [2.05, 4.69) is 15.7 Å². The van der Waals surface area contributed by atoms with Crippen LogP contribution in [0.25, 0.3) is 0 Å². The Morgan fingerprint density at radius 2 is 2.12 bits per heavy atom. The van der Waals surface area contributed by atoms with Gasteiger partial charge < -0.3 is 14.8 Å². The third-order valence-electron chi connectivity index (χ3n) is 3.62. The first-order valence-corrected chi connectivity index (χ1v) is 7.19. The van der Waals surface area contributed by atoms with E-state index in [0.29, 0.717) is 6.04 Å². The van der Waals surface area contributed by atoms with Crippen molar-refractivity contribution in [3.63, 3.8) is 0 Å². The van der Waals surface area contributed by atoms with Crippen molar-refractivity contribution in [2.24, 2.45) is 0 Å². The standard InChI is InChI=1S/C12H18N2O2S/c1-3-12(15-5-6-16-12)4-2-10(1)13-7-11-8-17-9-14-11/h8-10,13H,1-7H2. The molecule has 5 heteroatoms. The lowest BCUT2D eigenvalue weighted by atomic mass is 9.90. The quantitative estimate of drug-likeness (QED) is 0.895. The molecule has 3 rings (SSSR count). The number of aromatic nitrogens is 1. The Balaban J connectivity index is 1.45. The second-order valence-electron chi connectivity index (χ2n) is 4.74. The average molecular weight is 254 g/mol. The number of rotatable bonds is 3. The molecule has 1 saturated heterocycles. The van der Waals surface area contributed by atoms with E-state index in [-0.39, 0.29) is 5.79 Å². The second kappa shape index (κ2) is 5.02. The third kappa shape index (κ3) is 2.68. The maximum Gasteiger partial charge on any atom is 0.168 e. The molecule has 0 atom stereocenters. The number of ether oxygens (including phenoxy) is 2. The van der Waals surface area contributed by atoms with Crippen molar-refractivity contribution in [3.8, 4) is 0 Å². The van der Waals surface area contributed by atoms with Crippen molar-refractivity contribution in [3.05, 3.63) is 16.6 Å². The van der Waals surface area contributed by atoms with Crippen LogP contribution in [0, 0.1) is 0 Å². The van der Waals surface area contributed by atoms with Crippen molar-refractivity contribution in [2.45, 2.75) is 44.1 Å². The maximum atomic E-state index is 5.72. The first-order chi connectivity index (χ1) is 8.36. The summed E-state index contributed by atoms with van der Waals surface area (Å²) in [6.45, 7) is 2.40. The highest BCUT2D eigenvalue weighted by Gasteiger charge is 2.40. The van der Waals surface area contributed by atoms with Gasteiger partial charge in [0.2, 0.25) is 0 Å². The Bertz CT molecular complexity index is 339. The molecule has 0 bridgehead atoms. The topological polar surface area (TPSA) is 43.4 Å². The lowest BCUT2D eigenvalue weighted by molar-refractivity contribution is -0.179. The molecule has 94 valence electrons. The molecule has 0 unspecified atom stereocenters. The Labute approximate surface area is 105 Å². The van der Waals surface area contributed by atoms with Crippen LogP contribution in [0.15, 0.2) is 10.9 Å². The predicted molar refractivity (Wildman–Crippen MR) is 65.8 cm³/mol. The van der Waals surface area contributed by atoms with Gasteiger partial charge in [0.05, 0.1) is 24.4 Å². The van der Waals surface area contributed by atoms with E-state index in [0.717, 1.165) is 51.1 Å². The van der Waals surface area contributed by atoms with Crippen molar-refractivity contribution in [2.75, 3.05) is 13.2 Å². The van der Waals surface area contributed by atoms with Gasteiger partial charge in [0.15, 0.2) is 5.79 Å². The van der Waals surface area contributed by atoms with Crippen molar-refractivity contribution >= 4 is 11.3 Å². The van der Waals surface area contributed by atoms with Crippen molar-refractivity contribution in [1.29, 1.82) is 0 Å². The fraction of sp³-hybridized carbons (Fsp3) is 0.750. The molecule has 2 heterocycles. The van der Waals surface area contributed by atoms with Gasteiger partial charge >= 0.3 is 0 Å². The summed E-state index contributed by atoms with van der Waals surface area (Å²) in [6.07, 6.45) is 4.29. The molecule has 1 spiro atoms. The van der Waals surface area contributed by atoms with Crippen LogP contribution >= 0.6 is 11.3 Å². The van der Waals surface area contributed by atoms with E-state index in [1.54, 1.807) is 11.3 Å². The second-order valence-corrected chi connectivity index (χ2v) is 5.46. The van der Waals surface area contributed by atoms with Gasteiger partial charge in [-0.2, -0.15) is 0 Å². The van der Waals surface area contributed by atoms with Gasteiger partial charge in [-0.3, -0.25) is 0 Å². The molecule has 0 amide bonds. The van der Waals surface area contributed by atoms with Crippen LogP contribution in [0.4, 0.5) is 0 Å². The van der Waals surface area contributed by atoms with Crippen LogP contribution in [0.1, 0.15) is 31.4 Å². The molecule has 17 heavy (non-hydrogen) atoms. The minimum Gasteiger partial charge on any atom is -0.348 e. The summed E-state index contributed by atoms with van der Waals surface area (Å²) in [6, 6.07) is 0.579. The molecule has 0 radical (unpaired) electrons. The monoisotopic (exact) mass is 254 g/mol. The molecule has 1 aromatic rings. The minimum absolute atomic E-state index is 0.237. The van der Waals surface area contributed by atoms with Gasteiger partial charge in [0.25, 0.3) is 0 Å². The Kier molecular flexibility index (Phi) is 3.42. The summed E-state index contributed by atoms with van der Waals surface area (Å²) >= 11 is 1.65. The first kappa shape index (κ1) is 11.6. The summed E-state index contributed by atoms with van der Waals surface area (Å²) in [7, 11) is 0. The maximum absolute atomic E-state index is 5.72. The first-order valence-electron chi connectivity index (χ1n) is 6.25. The Hall–Kier alpha value is -0.490. The number of nitrogens with one attached hydrogen (secondary N) is 1. The van der Waals surface area contributed by atoms with Crippen molar-refractivity contribution < 1.29 is 9.47 Å². The van der Waals surface area contributed by atoms with Crippen LogP contribution in [0.3, 0.4) is 0 Å². The molecule has 4 nitrogen and oxygen atoms in total. The molecule has 2 fully saturated rings. The van der Waals surface area contributed by atoms with Crippen molar-refractivity contribution in [1.82, 2.24) is 10.3 Å². The molecular formula is C12H18N2O2S. The Morgan fingerprint density at radius 3 is 2.76 bits per heavy atom. The highest BCUT2D eigenvalue weighted by molar-refractivity contribution is 7.07. The minimum atomic E-state index is -0.237. The van der Waals surface area contributed by atoms with Crippen LogP contribution in [-0.4, -0.2) is 30.0 Å². The smallest absolute Gasteiger partial charge is 0.168 e.